The Hall–Kier alpha value is -2.16. The summed E-state index contributed by atoms with van der Waals surface area (Å²) in [5.74, 6) is -3.04. The van der Waals surface area contributed by atoms with E-state index in [9.17, 15) is 13.6 Å². The standard InChI is InChI=1S/C16H18F2N4O2.2ClH/c1-24-13-7-3-2-6-12(13)22-14-11(5-4-8-20-14)15(23)21-10-16(17,18)9-19;;/h2-8H,9-10,19H2,1H3,(H,20,22)(H,21,23);2*1H. The van der Waals surface area contributed by atoms with Gasteiger partial charge in [0.25, 0.3) is 11.8 Å². The van der Waals surface area contributed by atoms with Crippen molar-refractivity contribution in [2.75, 3.05) is 25.5 Å². The van der Waals surface area contributed by atoms with E-state index in [1.807, 2.05) is 0 Å². The fraction of sp³-hybridized carbons (Fsp3) is 0.250. The van der Waals surface area contributed by atoms with Crippen molar-refractivity contribution in [2.24, 2.45) is 5.73 Å². The molecule has 144 valence electrons. The average molecular weight is 409 g/mol. The second-order valence-electron chi connectivity index (χ2n) is 4.97. The third-order valence-electron chi connectivity index (χ3n) is 3.22. The van der Waals surface area contributed by atoms with Crippen LogP contribution in [0.4, 0.5) is 20.3 Å². The van der Waals surface area contributed by atoms with E-state index in [4.69, 9.17) is 10.5 Å². The van der Waals surface area contributed by atoms with E-state index in [0.717, 1.165) is 0 Å². The zero-order chi connectivity index (χ0) is 17.6. The molecule has 0 fully saturated rings. The predicted molar refractivity (Wildman–Crippen MR) is 101 cm³/mol. The molecular weight excluding hydrogens is 389 g/mol. The minimum atomic E-state index is -3.16. The number of nitrogens with zero attached hydrogens (tertiary/aromatic N) is 1. The van der Waals surface area contributed by atoms with Crippen molar-refractivity contribution in [3.05, 3.63) is 48.2 Å². The Morgan fingerprint density at radius 1 is 1.23 bits per heavy atom. The van der Waals surface area contributed by atoms with Gasteiger partial charge in [0.05, 0.1) is 31.5 Å². The van der Waals surface area contributed by atoms with Gasteiger partial charge in [-0.15, -0.1) is 24.8 Å². The van der Waals surface area contributed by atoms with Crippen molar-refractivity contribution >= 4 is 42.2 Å². The van der Waals surface area contributed by atoms with Gasteiger partial charge >= 0.3 is 0 Å². The molecule has 2 rings (SSSR count). The third kappa shape index (κ3) is 6.29. The summed E-state index contributed by atoms with van der Waals surface area (Å²) in [5.41, 5.74) is 5.69. The Labute approximate surface area is 162 Å². The largest absolute Gasteiger partial charge is 0.495 e. The summed E-state index contributed by atoms with van der Waals surface area (Å²) in [6.07, 6.45) is 1.49. The SMILES string of the molecule is COc1ccccc1Nc1ncccc1C(=O)NCC(F)(F)CN.Cl.Cl. The quantitative estimate of drug-likeness (QED) is 0.654. The van der Waals surface area contributed by atoms with Crippen LogP contribution in [-0.4, -0.2) is 37.0 Å². The van der Waals surface area contributed by atoms with E-state index in [2.05, 4.69) is 15.6 Å². The molecule has 4 N–H and O–H groups in total. The molecule has 0 unspecified atom stereocenters. The van der Waals surface area contributed by atoms with Crippen molar-refractivity contribution in [2.45, 2.75) is 5.92 Å². The Morgan fingerprint density at radius 2 is 1.92 bits per heavy atom. The van der Waals surface area contributed by atoms with Crippen LogP contribution in [0.5, 0.6) is 5.75 Å². The lowest BCUT2D eigenvalue weighted by Crippen LogP contribution is -2.41. The van der Waals surface area contributed by atoms with E-state index in [-0.39, 0.29) is 36.2 Å². The zero-order valence-corrected chi connectivity index (χ0v) is 15.5. The molecule has 0 radical (unpaired) electrons. The van der Waals surface area contributed by atoms with Crippen LogP contribution in [0.3, 0.4) is 0 Å². The maximum absolute atomic E-state index is 13.2. The van der Waals surface area contributed by atoms with Crippen molar-refractivity contribution < 1.29 is 18.3 Å². The van der Waals surface area contributed by atoms with E-state index >= 15 is 0 Å². The number of benzene rings is 1. The van der Waals surface area contributed by atoms with Crippen LogP contribution in [0.25, 0.3) is 0 Å². The van der Waals surface area contributed by atoms with Gasteiger partial charge in [0.1, 0.15) is 11.6 Å². The van der Waals surface area contributed by atoms with Crippen LogP contribution in [-0.2, 0) is 0 Å². The van der Waals surface area contributed by atoms with Crippen LogP contribution in [0, 0.1) is 0 Å². The highest BCUT2D eigenvalue weighted by atomic mass is 35.5. The molecule has 6 nitrogen and oxygen atoms in total. The Balaban J connectivity index is 0.00000312. The summed E-state index contributed by atoms with van der Waals surface area (Å²) in [7, 11) is 1.52. The number of para-hydroxylation sites is 2. The zero-order valence-electron chi connectivity index (χ0n) is 13.9. The molecule has 1 amide bonds. The molecule has 0 aliphatic rings. The monoisotopic (exact) mass is 408 g/mol. The molecular formula is C16H20Cl2F2N4O2. The van der Waals surface area contributed by atoms with Crippen LogP contribution >= 0.6 is 24.8 Å². The highest BCUT2D eigenvalue weighted by molar-refractivity contribution is 5.99. The first-order chi connectivity index (χ1) is 11.5. The molecule has 0 spiro atoms. The Bertz CT molecular complexity index is 720. The minimum Gasteiger partial charge on any atom is -0.495 e. The molecule has 26 heavy (non-hydrogen) atoms. The predicted octanol–water partition coefficient (Wildman–Crippen LogP) is 3.00. The van der Waals surface area contributed by atoms with Crippen LogP contribution in [0.2, 0.25) is 0 Å². The number of methoxy groups -OCH3 is 1. The number of anilines is 2. The number of carbonyl (C=O) groups excluding carboxylic acids is 1. The Morgan fingerprint density at radius 3 is 2.58 bits per heavy atom. The van der Waals surface area contributed by atoms with Gasteiger partial charge in [0, 0.05) is 6.20 Å². The van der Waals surface area contributed by atoms with E-state index in [0.29, 0.717) is 11.4 Å². The van der Waals surface area contributed by atoms with Crippen molar-refractivity contribution in [3.8, 4) is 5.75 Å². The van der Waals surface area contributed by atoms with Crippen molar-refractivity contribution in [3.63, 3.8) is 0 Å². The highest BCUT2D eigenvalue weighted by Crippen LogP contribution is 2.27. The van der Waals surface area contributed by atoms with Gasteiger partial charge in [-0.2, -0.15) is 0 Å². The maximum atomic E-state index is 13.2. The first kappa shape index (κ1) is 23.8. The number of halogens is 4. The van der Waals surface area contributed by atoms with Crippen LogP contribution < -0.4 is 21.1 Å². The smallest absolute Gasteiger partial charge is 0.277 e. The normalized spacial score (nSPS) is 10.2. The number of amides is 1. The summed E-state index contributed by atoms with van der Waals surface area (Å²) < 4.78 is 31.6. The number of hydrogen-bond donors (Lipinski definition) is 3. The van der Waals surface area contributed by atoms with Crippen molar-refractivity contribution in [1.29, 1.82) is 0 Å². The fourth-order valence-corrected chi connectivity index (χ4v) is 1.94. The summed E-state index contributed by atoms with van der Waals surface area (Å²) in [4.78, 5) is 16.3. The first-order valence-corrected chi connectivity index (χ1v) is 7.18. The van der Waals surface area contributed by atoms with E-state index < -0.39 is 24.9 Å². The summed E-state index contributed by atoms with van der Waals surface area (Å²) in [5, 5.41) is 5.14. The number of ether oxygens (including phenoxy) is 1. The van der Waals surface area contributed by atoms with Gasteiger partial charge in [0.15, 0.2) is 0 Å². The molecule has 0 aliphatic heterocycles. The van der Waals surface area contributed by atoms with Gasteiger partial charge in [-0.25, -0.2) is 13.8 Å². The molecule has 1 heterocycles. The summed E-state index contributed by atoms with van der Waals surface area (Å²) in [6, 6.07) is 10.1. The van der Waals surface area contributed by atoms with Gasteiger partial charge < -0.3 is 21.1 Å². The number of pyridine rings is 1. The number of hydrogen-bond acceptors (Lipinski definition) is 5. The maximum Gasteiger partial charge on any atom is 0.277 e. The highest BCUT2D eigenvalue weighted by Gasteiger charge is 2.28. The number of alkyl halides is 2. The number of rotatable bonds is 7. The fourth-order valence-electron chi connectivity index (χ4n) is 1.94. The third-order valence-corrected chi connectivity index (χ3v) is 3.22. The van der Waals surface area contributed by atoms with Crippen LogP contribution in [0.1, 0.15) is 10.4 Å². The molecule has 0 aliphatic carbocycles. The Kier molecular flexibility index (Phi) is 9.85. The topological polar surface area (TPSA) is 89.3 Å². The van der Waals surface area contributed by atoms with Crippen molar-refractivity contribution in [1.82, 2.24) is 10.3 Å². The second-order valence-corrected chi connectivity index (χ2v) is 4.97. The molecule has 0 saturated carbocycles. The molecule has 0 atom stereocenters. The average Bonchev–Trinajstić information content (AvgIpc) is 2.61. The molecule has 2 aromatic rings. The lowest BCUT2D eigenvalue weighted by Gasteiger charge is -2.16. The van der Waals surface area contributed by atoms with E-state index in [1.54, 1.807) is 30.3 Å². The number of carbonyl (C=O) groups is 1. The van der Waals surface area contributed by atoms with E-state index in [1.165, 1.54) is 19.4 Å². The van der Waals surface area contributed by atoms with Gasteiger partial charge in [-0.1, -0.05) is 12.1 Å². The number of nitrogens with one attached hydrogen (secondary N) is 2. The van der Waals surface area contributed by atoms with Crippen LogP contribution in [0.15, 0.2) is 42.6 Å². The summed E-state index contributed by atoms with van der Waals surface area (Å²) in [6.45, 7) is -1.68. The van der Waals surface area contributed by atoms with Gasteiger partial charge in [-0.05, 0) is 24.3 Å². The summed E-state index contributed by atoms with van der Waals surface area (Å²) >= 11 is 0. The lowest BCUT2D eigenvalue weighted by atomic mass is 10.2. The number of aromatic nitrogens is 1. The van der Waals surface area contributed by atoms with Gasteiger partial charge in [0.2, 0.25) is 0 Å². The minimum absolute atomic E-state index is 0. The first-order valence-electron chi connectivity index (χ1n) is 7.18. The second kappa shape index (κ2) is 10.7. The lowest BCUT2D eigenvalue weighted by molar-refractivity contribution is 0.0119. The molecule has 0 bridgehead atoms. The molecule has 1 aromatic heterocycles. The number of nitrogens with two attached hydrogens (primary N) is 1. The van der Waals surface area contributed by atoms with Gasteiger partial charge in [-0.3, -0.25) is 4.79 Å². The molecule has 1 aromatic carbocycles. The molecule has 0 saturated heterocycles. The molecule has 10 heteroatoms.